The van der Waals surface area contributed by atoms with Crippen LogP contribution in [0.1, 0.15) is 16.7 Å². The number of hydrogen-bond donors (Lipinski definition) is 1. The highest BCUT2D eigenvalue weighted by Crippen LogP contribution is 2.27. The summed E-state index contributed by atoms with van der Waals surface area (Å²) in [5.41, 5.74) is 3.20. The number of carbonyl (C=O) groups excluding carboxylic acids is 1. The van der Waals surface area contributed by atoms with Gasteiger partial charge in [0.1, 0.15) is 29.7 Å². The van der Waals surface area contributed by atoms with Crippen LogP contribution in [0, 0.1) is 18.3 Å². The lowest BCUT2D eigenvalue weighted by Gasteiger charge is -2.11. The van der Waals surface area contributed by atoms with Crippen molar-refractivity contribution < 1.29 is 14.3 Å². The van der Waals surface area contributed by atoms with E-state index in [1.54, 1.807) is 49.6 Å². The summed E-state index contributed by atoms with van der Waals surface area (Å²) < 4.78 is 11.0. The van der Waals surface area contributed by atoms with Crippen LogP contribution in [-0.2, 0) is 11.4 Å². The number of ether oxygens (including phenoxy) is 2. The predicted octanol–water partition coefficient (Wildman–Crippen LogP) is 5.78. The zero-order chi connectivity index (χ0) is 22.2. The number of amides is 1. The number of carbonyl (C=O) groups is 1. The predicted molar refractivity (Wildman–Crippen MR) is 122 cm³/mol. The topological polar surface area (TPSA) is 71.3 Å². The van der Waals surface area contributed by atoms with Crippen LogP contribution in [0.5, 0.6) is 11.5 Å². The number of methoxy groups -OCH3 is 1. The summed E-state index contributed by atoms with van der Waals surface area (Å²) in [5.74, 6) is 0.662. The molecule has 3 aromatic rings. The fourth-order valence-electron chi connectivity index (χ4n) is 2.79. The van der Waals surface area contributed by atoms with Gasteiger partial charge in [0, 0.05) is 16.3 Å². The molecule has 0 saturated carbocycles. The molecule has 0 bridgehead atoms. The Bertz CT molecular complexity index is 1130. The second-order valence-corrected chi connectivity index (χ2v) is 7.25. The Morgan fingerprint density at radius 3 is 2.45 bits per heavy atom. The zero-order valence-corrected chi connectivity index (χ0v) is 17.9. The van der Waals surface area contributed by atoms with Crippen molar-refractivity contribution in [3.63, 3.8) is 0 Å². The molecular weight excluding hydrogens is 412 g/mol. The van der Waals surface area contributed by atoms with Crippen molar-refractivity contribution in [1.82, 2.24) is 0 Å². The van der Waals surface area contributed by atoms with E-state index in [9.17, 15) is 10.1 Å². The van der Waals surface area contributed by atoms with E-state index in [4.69, 9.17) is 21.1 Å². The second-order valence-electron chi connectivity index (χ2n) is 6.81. The lowest BCUT2D eigenvalue weighted by Crippen LogP contribution is -2.13. The van der Waals surface area contributed by atoms with Gasteiger partial charge in [0.05, 0.1) is 7.11 Å². The SMILES string of the molecule is COc1ccc(NC(=O)/C(C#N)=C/c2cc(Cl)ccc2OCc2ccc(C)cc2)cc1. The van der Waals surface area contributed by atoms with Crippen molar-refractivity contribution in [3.8, 4) is 17.6 Å². The normalized spacial score (nSPS) is 10.8. The molecule has 156 valence electrons. The smallest absolute Gasteiger partial charge is 0.266 e. The fraction of sp³-hybridized carbons (Fsp3) is 0.120. The van der Waals surface area contributed by atoms with Crippen molar-refractivity contribution in [2.45, 2.75) is 13.5 Å². The number of nitrogens with zero attached hydrogens (tertiary/aromatic N) is 1. The van der Waals surface area contributed by atoms with Crippen molar-refractivity contribution in [2.75, 3.05) is 12.4 Å². The molecule has 0 unspecified atom stereocenters. The van der Waals surface area contributed by atoms with E-state index in [0.29, 0.717) is 34.4 Å². The van der Waals surface area contributed by atoms with Crippen LogP contribution in [0.15, 0.2) is 72.3 Å². The molecule has 3 rings (SSSR count). The lowest BCUT2D eigenvalue weighted by molar-refractivity contribution is -0.112. The molecule has 0 radical (unpaired) electrons. The first kappa shape index (κ1) is 21.9. The molecular formula is C25H21ClN2O3. The van der Waals surface area contributed by atoms with Crippen LogP contribution in [0.3, 0.4) is 0 Å². The molecule has 0 saturated heterocycles. The van der Waals surface area contributed by atoms with Crippen LogP contribution >= 0.6 is 11.6 Å². The minimum absolute atomic E-state index is 0.0710. The first-order valence-corrected chi connectivity index (χ1v) is 9.91. The van der Waals surface area contributed by atoms with Gasteiger partial charge in [-0.25, -0.2) is 0 Å². The Hall–Kier alpha value is -3.75. The summed E-state index contributed by atoms with van der Waals surface area (Å²) >= 11 is 6.14. The van der Waals surface area contributed by atoms with Crippen LogP contribution in [0.25, 0.3) is 6.08 Å². The van der Waals surface area contributed by atoms with Gasteiger partial charge < -0.3 is 14.8 Å². The van der Waals surface area contributed by atoms with Gasteiger partial charge in [-0.2, -0.15) is 5.26 Å². The maximum absolute atomic E-state index is 12.6. The number of aryl methyl sites for hydroxylation is 1. The van der Waals surface area contributed by atoms with E-state index in [1.165, 1.54) is 11.6 Å². The average Bonchev–Trinajstić information content (AvgIpc) is 2.78. The molecule has 0 aliphatic rings. The first-order valence-electron chi connectivity index (χ1n) is 9.53. The number of nitriles is 1. The summed E-state index contributed by atoms with van der Waals surface area (Å²) in [6.07, 6.45) is 1.47. The molecule has 0 fully saturated rings. The van der Waals surface area contributed by atoms with Crippen molar-refractivity contribution in [1.29, 1.82) is 5.26 Å². The van der Waals surface area contributed by atoms with E-state index in [2.05, 4.69) is 5.32 Å². The van der Waals surface area contributed by atoms with Gasteiger partial charge in [0.2, 0.25) is 0 Å². The largest absolute Gasteiger partial charge is 0.497 e. The Labute approximate surface area is 186 Å². The molecule has 0 aromatic heterocycles. The molecule has 1 amide bonds. The highest BCUT2D eigenvalue weighted by atomic mass is 35.5. The monoisotopic (exact) mass is 432 g/mol. The van der Waals surface area contributed by atoms with Gasteiger partial charge in [-0.05, 0) is 61.0 Å². The standard InChI is InChI=1S/C25H21ClN2O3/c1-17-3-5-18(6-4-17)16-31-24-12-7-21(26)14-19(24)13-20(15-27)25(29)28-22-8-10-23(30-2)11-9-22/h3-14H,16H2,1-2H3,(H,28,29)/b20-13+. The number of anilines is 1. The van der Waals surface area contributed by atoms with Crippen LogP contribution in [0.2, 0.25) is 5.02 Å². The third-order valence-electron chi connectivity index (χ3n) is 4.50. The highest BCUT2D eigenvalue weighted by molar-refractivity contribution is 6.30. The van der Waals surface area contributed by atoms with E-state index in [-0.39, 0.29) is 5.57 Å². The van der Waals surface area contributed by atoms with Gasteiger partial charge >= 0.3 is 0 Å². The van der Waals surface area contributed by atoms with Gasteiger partial charge in [-0.3, -0.25) is 4.79 Å². The summed E-state index contributed by atoms with van der Waals surface area (Å²) in [6.45, 7) is 2.37. The molecule has 0 atom stereocenters. The highest BCUT2D eigenvalue weighted by Gasteiger charge is 2.12. The van der Waals surface area contributed by atoms with E-state index < -0.39 is 5.91 Å². The molecule has 31 heavy (non-hydrogen) atoms. The molecule has 0 spiro atoms. The molecule has 0 heterocycles. The zero-order valence-electron chi connectivity index (χ0n) is 17.2. The maximum Gasteiger partial charge on any atom is 0.266 e. The van der Waals surface area contributed by atoms with Gasteiger partial charge in [0.25, 0.3) is 5.91 Å². The molecule has 5 nitrogen and oxygen atoms in total. The summed E-state index contributed by atoms with van der Waals surface area (Å²) in [7, 11) is 1.56. The Kier molecular flexibility index (Phi) is 7.31. The van der Waals surface area contributed by atoms with Gasteiger partial charge in [-0.1, -0.05) is 41.4 Å². The van der Waals surface area contributed by atoms with Crippen LogP contribution in [0.4, 0.5) is 5.69 Å². The third kappa shape index (κ3) is 6.11. The van der Waals surface area contributed by atoms with E-state index in [1.807, 2.05) is 37.3 Å². The fourth-order valence-corrected chi connectivity index (χ4v) is 2.97. The maximum atomic E-state index is 12.6. The molecule has 0 aliphatic carbocycles. The van der Waals surface area contributed by atoms with Gasteiger partial charge in [0.15, 0.2) is 0 Å². The number of halogens is 1. The van der Waals surface area contributed by atoms with Crippen molar-refractivity contribution in [2.24, 2.45) is 0 Å². The van der Waals surface area contributed by atoms with Gasteiger partial charge in [-0.15, -0.1) is 0 Å². The Morgan fingerprint density at radius 2 is 1.81 bits per heavy atom. The van der Waals surface area contributed by atoms with E-state index in [0.717, 1.165) is 5.56 Å². The second kappa shape index (κ2) is 10.3. The third-order valence-corrected chi connectivity index (χ3v) is 4.73. The average molecular weight is 433 g/mol. The van der Waals surface area contributed by atoms with E-state index >= 15 is 0 Å². The lowest BCUT2D eigenvalue weighted by atomic mass is 10.1. The number of nitrogens with one attached hydrogen (secondary N) is 1. The van der Waals surface area contributed by atoms with Crippen LogP contribution < -0.4 is 14.8 Å². The minimum Gasteiger partial charge on any atom is -0.497 e. The number of benzene rings is 3. The molecule has 6 heteroatoms. The Morgan fingerprint density at radius 1 is 1.10 bits per heavy atom. The van der Waals surface area contributed by atoms with Crippen molar-refractivity contribution >= 4 is 29.3 Å². The number of rotatable bonds is 7. The summed E-state index contributed by atoms with van der Waals surface area (Å²) in [5, 5.41) is 12.7. The summed E-state index contributed by atoms with van der Waals surface area (Å²) in [6, 6.07) is 21.9. The summed E-state index contributed by atoms with van der Waals surface area (Å²) in [4.78, 5) is 12.6. The molecule has 3 aromatic carbocycles. The quantitative estimate of drug-likeness (QED) is 0.379. The minimum atomic E-state index is -0.530. The van der Waals surface area contributed by atoms with Crippen LogP contribution in [-0.4, -0.2) is 13.0 Å². The Balaban J connectivity index is 1.80. The number of hydrogen-bond acceptors (Lipinski definition) is 4. The molecule has 1 N–H and O–H groups in total. The molecule has 0 aliphatic heterocycles. The first-order chi connectivity index (χ1) is 15.0. The van der Waals surface area contributed by atoms with Crippen molar-refractivity contribution in [3.05, 3.63) is 94.0 Å².